The van der Waals surface area contributed by atoms with Gasteiger partial charge in [-0.3, -0.25) is 9.59 Å². The molecule has 1 aliphatic heterocycles. The van der Waals surface area contributed by atoms with Gasteiger partial charge in [0, 0.05) is 46.7 Å². The monoisotopic (exact) mass is 594 g/mol. The Morgan fingerprint density at radius 3 is 2.24 bits per heavy atom. The Labute approximate surface area is 246 Å². The number of methoxy groups -OCH3 is 1. The molecule has 0 aromatic heterocycles. The molecule has 2 amide bonds. The SMILES string of the molecule is COc1cc(C)c(S(=O)(=O)N(C)CCOCC(=O)N(C)CC2CCC(CNC(=O)CCN3CCCC3)CC2)c(C)c1. The molecule has 232 valence electrons. The molecule has 1 aromatic rings. The van der Waals surface area contributed by atoms with Gasteiger partial charge in [-0.15, -0.1) is 0 Å². The Kier molecular flexibility index (Phi) is 12.9. The number of aryl methyl sites for hydroxylation is 2. The minimum Gasteiger partial charge on any atom is -0.497 e. The molecule has 0 unspecified atom stereocenters. The Bertz CT molecular complexity index is 1090. The van der Waals surface area contributed by atoms with Crippen LogP contribution in [-0.2, 0) is 24.3 Å². The predicted molar refractivity (Wildman–Crippen MR) is 159 cm³/mol. The maximum Gasteiger partial charge on any atom is 0.248 e. The summed E-state index contributed by atoms with van der Waals surface area (Å²) < 4.78 is 38.3. The normalized spacial score (nSPS) is 19.9. The van der Waals surface area contributed by atoms with E-state index in [9.17, 15) is 18.0 Å². The van der Waals surface area contributed by atoms with Crippen molar-refractivity contribution in [3.63, 3.8) is 0 Å². The van der Waals surface area contributed by atoms with E-state index in [1.807, 2.05) is 0 Å². The molecule has 1 N–H and O–H groups in total. The zero-order chi connectivity index (χ0) is 30.0. The average molecular weight is 595 g/mol. The van der Waals surface area contributed by atoms with Gasteiger partial charge in [0.15, 0.2) is 0 Å². The second kappa shape index (κ2) is 15.9. The summed E-state index contributed by atoms with van der Waals surface area (Å²) in [7, 11) is 1.16. The number of nitrogens with one attached hydrogen (secondary N) is 1. The van der Waals surface area contributed by atoms with Crippen LogP contribution in [0.25, 0.3) is 0 Å². The first-order chi connectivity index (χ1) is 19.5. The van der Waals surface area contributed by atoms with Crippen LogP contribution in [0.3, 0.4) is 0 Å². The summed E-state index contributed by atoms with van der Waals surface area (Å²) in [5.41, 5.74) is 1.25. The van der Waals surface area contributed by atoms with Gasteiger partial charge in [0.2, 0.25) is 21.8 Å². The van der Waals surface area contributed by atoms with Crippen molar-refractivity contribution in [1.29, 1.82) is 0 Å². The van der Waals surface area contributed by atoms with E-state index < -0.39 is 10.0 Å². The summed E-state index contributed by atoms with van der Waals surface area (Å²) in [5, 5.41) is 3.12. The van der Waals surface area contributed by atoms with Crippen molar-refractivity contribution in [2.75, 3.05) is 73.7 Å². The molecule has 2 fully saturated rings. The number of carbonyl (C=O) groups is 2. The summed E-state index contributed by atoms with van der Waals surface area (Å²) in [4.78, 5) is 29.2. The van der Waals surface area contributed by atoms with Crippen LogP contribution in [0.15, 0.2) is 17.0 Å². The first-order valence-electron chi connectivity index (χ1n) is 14.9. The van der Waals surface area contributed by atoms with Gasteiger partial charge in [-0.2, -0.15) is 4.31 Å². The first-order valence-corrected chi connectivity index (χ1v) is 16.4. The highest BCUT2D eigenvalue weighted by atomic mass is 32.2. The van der Waals surface area contributed by atoms with Gasteiger partial charge >= 0.3 is 0 Å². The third-order valence-corrected chi connectivity index (χ3v) is 10.6. The van der Waals surface area contributed by atoms with Gasteiger partial charge < -0.3 is 24.6 Å². The molecular formula is C30H50N4O6S. The Hall–Kier alpha value is -2.21. The molecule has 11 heteroatoms. The van der Waals surface area contributed by atoms with Crippen molar-refractivity contribution in [3.05, 3.63) is 23.3 Å². The molecule has 1 aromatic carbocycles. The van der Waals surface area contributed by atoms with Gasteiger partial charge in [0.25, 0.3) is 0 Å². The van der Waals surface area contributed by atoms with Crippen LogP contribution in [-0.4, -0.2) is 108 Å². The van der Waals surface area contributed by atoms with Crippen LogP contribution < -0.4 is 10.1 Å². The van der Waals surface area contributed by atoms with Crippen LogP contribution in [0.4, 0.5) is 0 Å². The summed E-state index contributed by atoms with van der Waals surface area (Å²) in [6, 6.07) is 3.42. The molecule has 1 saturated heterocycles. The highest BCUT2D eigenvalue weighted by molar-refractivity contribution is 7.89. The zero-order valence-electron chi connectivity index (χ0n) is 25.6. The largest absolute Gasteiger partial charge is 0.497 e. The number of ether oxygens (including phenoxy) is 2. The highest BCUT2D eigenvalue weighted by Crippen LogP contribution is 2.29. The number of rotatable bonds is 15. The Balaban J connectivity index is 1.30. The van der Waals surface area contributed by atoms with Crippen LogP contribution in [0, 0.1) is 25.7 Å². The summed E-state index contributed by atoms with van der Waals surface area (Å²) in [6.45, 7) is 8.22. The number of carbonyl (C=O) groups excluding carboxylic acids is 2. The fraction of sp³-hybridized carbons (Fsp3) is 0.733. The molecule has 41 heavy (non-hydrogen) atoms. The van der Waals surface area contributed by atoms with Crippen molar-refractivity contribution in [2.45, 2.75) is 63.7 Å². The number of likely N-dealkylation sites (tertiary alicyclic amines) is 1. The van der Waals surface area contributed by atoms with Gasteiger partial charge in [-0.25, -0.2) is 8.42 Å². The summed E-state index contributed by atoms with van der Waals surface area (Å²) in [5.74, 6) is 1.61. The number of likely N-dealkylation sites (N-methyl/N-ethyl adjacent to an activating group) is 2. The van der Waals surface area contributed by atoms with Crippen LogP contribution >= 0.6 is 0 Å². The number of nitrogens with zero attached hydrogens (tertiary/aromatic N) is 3. The summed E-state index contributed by atoms with van der Waals surface area (Å²) in [6.07, 6.45) is 7.27. The molecule has 0 radical (unpaired) electrons. The lowest BCUT2D eigenvalue weighted by Gasteiger charge is -2.31. The van der Waals surface area contributed by atoms with Crippen molar-refractivity contribution >= 4 is 21.8 Å². The van der Waals surface area contributed by atoms with Crippen LogP contribution in [0.2, 0.25) is 0 Å². The molecule has 3 rings (SSSR count). The molecule has 1 heterocycles. The van der Waals surface area contributed by atoms with Gasteiger partial charge in [-0.1, -0.05) is 0 Å². The van der Waals surface area contributed by atoms with Gasteiger partial charge in [0.05, 0.1) is 18.6 Å². The minimum absolute atomic E-state index is 0.0796. The molecule has 0 spiro atoms. The van der Waals surface area contributed by atoms with E-state index >= 15 is 0 Å². The van der Waals surface area contributed by atoms with E-state index in [1.165, 1.54) is 24.2 Å². The molecule has 0 bridgehead atoms. The van der Waals surface area contributed by atoms with E-state index in [0.717, 1.165) is 51.9 Å². The van der Waals surface area contributed by atoms with Crippen molar-refractivity contribution in [3.8, 4) is 5.75 Å². The van der Waals surface area contributed by atoms with Gasteiger partial charge in [-0.05, 0) is 101 Å². The molecule has 1 saturated carbocycles. The maximum absolute atomic E-state index is 13.1. The third kappa shape index (κ3) is 9.94. The zero-order valence-corrected chi connectivity index (χ0v) is 26.4. The number of hydrogen-bond donors (Lipinski definition) is 1. The Morgan fingerprint density at radius 1 is 1.02 bits per heavy atom. The smallest absolute Gasteiger partial charge is 0.248 e. The lowest BCUT2D eigenvalue weighted by molar-refractivity contribution is -0.135. The van der Waals surface area contributed by atoms with Crippen molar-refractivity contribution < 1.29 is 27.5 Å². The van der Waals surface area contributed by atoms with Crippen LogP contribution in [0.5, 0.6) is 5.75 Å². The lowest BCUT2D eigenvalue weighted by atomic mass is 9.81. The average Bonchev–Trinajstić information content (AvgIpc) is 3.46. The standard InChI is InChI=1S/C30H50N4O6S/c1-23-18-27(39-5)19-24(2)30(23)41(37,38)33(4)16-17-40-22-29(36)32(3)21-26-10-8-25(9-11-26)20-31-28(35)12-15-34-13-6-7-14-34/h18-19,25-26H,6-17,20-22H2,1-5H3,(H,31,35). The van der Waals surface area contributed by atoms with E-state index in [2.05, 4.69) is 10.2 Å². The van der Waals surface area contributed by atoms with E-state index in [1.54, 1.807) is 45.0 Å². The van der Waals surface area contributed by atoms with Gasteiger partial charge in [0.1, 0.15) is 12.4 Å². The third-order valence-electron chi connectivity index (χ3n) is 8.48. The number of amides is 2. The molecular weight excluding hydrogens is 544 g/mol. The maximum atomic E-state index is 13.1. The topological polar surface area (TPSA) is 108 Å². The highest BCUT2D eigenvalue weighted by Gasteiger charge is 2.26. The fourth-order valence-corrected chi connectivity index (χ4v) is 7.45. The van der Waals surface area contributed by atoms with Crippen molar-refractivity contribution in [1.82, 2.24) is 19.4 Å². The molecule has 1 aliphatic carbocycles. The Morgan fingerprint density at radius 2 is 1.63 bits per heavy atom. The first kappa shape index (κ1) is 33.3. The number of sulfonamides is 1. The quantitative estimate of drug-likeness (QED) is 0.311. The van der Waals surface area contributed by atoms with E-state index in [-0.39, 0.29) is 36.5 Å². The number of benzene rings is 1. The summed E-state index contributed by atoms with van der Waals surface area (Å²) >= 11 is 0. The van der Waals surface area contributed by atoms with Crippen LogP contribution in [0.1, 0.15) is 56.1 Å². The van der Waals surface area contributed by atoms with E-state index in [4.69, 9.17) is 9.47 Å². The number of hydrogen-bond acceptors (Lipinski definition) is 7. The molecule has 0 atom stereocenters. The molecule has 2 aliphatic rings. The minimum atomic E-state index is -3.70. The lowest BCUT2D eigenvalue weighted by Crippen LogP contribution is -2.38. The second-order valence-electron chi connectivity index (χ2n) is 11.7. The molecule has 10 nitrogen and oxygen atoms in total. The van der Waals surface area contributed by atoms with Crippen molar-refractivity contribution in [2.24, 2.45) is 11.8 Å². The van der Waals surface area contributed by atoms with E-state index in [0.29, 0.717) is 41.7 Å². The second-order valence-corrected chi connectivity index (χ2v) is 13.7. The predicted octanol–water partition coefficient (Wildman–Crippen LogP) is 2.82. The fourth-order valence-electron chi connectivity index (χ4n) is 5.89.